The quantitative estimate of drug-likeness (QED) is 0.563. The maximum absolute atomic E-state index is 12.6. The van der Waals surface area contributed by atoms with Crippen molar-refractivity contribution in [2.24, 2.45) is 5.92 Å². The minimum atomic E-state index is -1.16. The number of carboxylic acids is 1. The number of hydrogen-bond acceptors (Lipinski definition) is 4. The number of rotatable bonds is 8. The highest BCUT2D eigenvalue weighted by Crippen LogP contribution is 2.44. The molecule has 2 aromatic rings. The number of nitrogens with one attached hydrogen (secondary N) is 2. The predicted octanol–water partition coefficient (Wildman–Crippen LogP) is 4.06. The summed E-state index contributed by atoms with van der Waals surface area (Å²) in [5.41, 5.74) is 3.41. The molecule has 0 unspecified atom stereocenters. The fraction of sp³-hybridized carbons (Fsp3) is 0.423. The first-order chi connectivity index (χ1) is 15.8. The molecule has 0 radical (unpaired) electrons. The molecule has 1 atom stereocenters. The van der Waals surface area contributed by atoms with Crippen LogP contribution in [0.3, 0.4) is 0 Å². The number of carboxylic acid groups (broad SMARTS) is 1. The van der Waals surface area contributed by atoms with Gasteiger partial charge in [0.15, 0.2) is 0 Å². The summed E-state index contributed by atoms with van der Waals surface area (Å²) < 4.78 is 5.60. The Kier molecular flexibility index (Phi) is 6.40. The van der Waals surface area contributed by atoms with E-state index in [1.165, 1.54) is 0 Å². The van der Waals surface area contributed by atoms with E-state index in [1.54, 1.807) is 0 Å². The van der Waals surface area contributed by atoms with Gasteiger partial charge in [0.05, 0.1) is 0 Å². The second-order valence-electron chi connectivity index (χ2n) is 9.31. The molecule has 3 N–H and O–H groups in total. The normalized spacial score (nSPS) is 16.8. The lowest BCUT2D eigenvalue weighted by Crippen LogP contribution is -2.60. The Morgan fingerprint density at radius 3 is 2.09 bits per heavy atom. The highest BCUT2D eigenvalue weighted by molar-refractivity contribution is 5.88. The zero-order valence-corrected chi connectivity index (χ0v) is 19.0. The van der Waals surface area contributed by atoms with Crippen LogP contribution in [0.15, 0.2) is 48.5 Å². The summed E-state index contributed by atoms with van der Waals surface area (Å²) in [7, 11) is 0. The number of hydrogen-bond donors (Lipinski definition) is 3. The van der Waals surface area contributed by atoms with Crippen molar-refractivity contribution < 1.29 is 24.2 Å². The standard InChI is InChI=1S/C26H30N2O5/c1-16(2)22(14-23(29)28-26(24(30)31)12-7-13-26)27-25(32)33-15-21-19-10-5-3-8-17(19)18-9-4-6-11-20(18)21/h3-6,8-11,16,21-22H,7,12-15H2,1-2H3,(H,27,32)(H,28,29)(H,30,31)/t22-/m0/s1. The van der Waals surface area contributed by atoms with Crippen LogP contribution in [-0.4, -0.2) is 41.3 Å². The number of ether oxygens (including phenoxy) is 1. The molecule has 2 amide bonds. The zero-order valence-electron chi connectivity index (χ0n) is 19.0. The molecule has 7 nitrogen and oxygen atoms in total. The average Bonchev–Trinajstić information content (AvgIpc) is 3.08. The van der Waals surface area contributed by atoms with Gasteiger partial charge in [0, 0.05) is 18.4 Å². The number of fused-ring (bicyclic) bond motifs is 3. The van der Waals surface area contributed by atoms with E-state index in [0.717, 1.165) is 28.7 Å². The van der Waals surface area contributed by atoms with E-state index in [4.69, 9.17) is 4.74 Å². The summed E-state index contributed by atoms with van der Waals surface area (Å²) in [6.45, 7) is 4.00. The van der Waals surface area contributed by atoms with Gasteiger partial charge in [-0.3, -0.25) is 4.79 Å². The molecule has 1 saturated carbocycles. The van der Waals surface area contributed by atoms with Gasteiger partial charge in [-0.2, -0.15) is 0 Å². The molecule has 0 heterocycles. The van der Waals surface area contributed by atoms with Gasteiger partial charge in [0.1, 0.15) is 12.1 Å². The lowest BCUT2D eigenvalue weighted by Gasteiger charge is -2.38. The zero-order chi connectivity index (χ0) is 23.6. The molecule has 1 fully saturated rings. The molecule has 0 saturated heterocycles. The van der Waals surface area contributed by atoms with Gasteiger partial charge < -0.3 is 20.5 Å². The van der Waals surface area contributed by atoms with Gasteiger partial charge in [-0.05, 0) is 47.4 Å². The molecular weight excluding hydrogens is 420 g/mol. The molecule has 0 spiro atoms. The first-order valence-corrected chi connectivity index (χ1v) is 11.5. The maximum Gasteiger partial charge on any atom is 0.407 e. The third-order valence-corrected chi connectivity index (χ3v) is 6.85. The minimum Gasteiger partial charge on any atom is -0.480 e. The van der Waals surface area contributed by atoms with Gasteiger partial charge in [0.2, 0.25) is 5.91 Å². The largest absolute Gasteiger partial charge is 0.480 e. The van der Waals surface area contributed by atoms with Gasteiger partial charge in [-0.15, -0.1) is 0 Å². The van der Waals surface area contributed by atoms with Crippen molar-refractivity contribution in [3.63, 3.8) is 0 Å². The van der Waals surface area contributed by atoms with E-state index in [2.05, 4.69) is 34.9 Å². The van der Waals surface area contributed by atoms with E-state index in [1.807, 2.05) is 38.1 Å². The Labute approximate surface area is 193 Å². The monoisotopic (exact) mass is 450 g/mol. The topological polar surface area (TPSA) is 105 Å². The lowest BCUT2D eigenvalue weighted by molar-refractivity contribution is -0.151. The minimum absolute atomic E-state index is 0.00308. The van der Waals surface area contributed by atoms with Crippen LogP contribution in [0, 0.1) is 5.92 Å². The van der Waals surface area contributed by atoms with Gasteiger partial charge in [-0.25, -0.2) is 9.59 Å². The van der Waals surface area contributed by atoms with Crippen LogP contribution >= 0.6 is 0 Å². The summed E-state index contributed by atoms with van der Waals surface area (Å²) in [5.74, 6) is -1.46. The second-order valence-corrected chi connectivity index (χ2v) is 9.31. The average molecular weight is 451 g/mol. The first kappa shape index (κ1) is 22.8. The predicted molar refractivity (Wildman–Crippen MR) is 124 cm³/mol. The smallest absolute Gasteiger partial charge is 0.407 e. The Bertz CT molecular complexity index is 1010. The Morgan fingerprint density at radius 1 is 1.03 bits per heavy atom. The molecule has 0 aliphatic heterocycles. The Hall–Kier alpha value is -3.35. The van der Waals surface area contributed by atoms with Gasteiger partial charge >= 0.3 is 12.1 Å². The van der Waals surface area contributed by atoms with Crippen LogP contribution in [0.1, 0.15) is 56.6 Å². The molecule has 33 heavy (non-hydrogen) atoms. The number of carbonyl (C=O) groups is 3. The maximum atomic E-state index is 12.6. The highest BCUT2D eigenvalue weighted by atomic mass is 16.5. The van der Waals surface area contributed by atoms with Crippen molar-refractivity contribution in [2.45, 2.75) is 57.0 Å². The molecule has 0 aromatic heterocycles. The van der Waals surface area contributed by atoms with E-state index in [9.17, 15) is 19.5 Å². The van der Waals surface area contributed by atoms with Crippen molar-refractivity contribution in [3.05, 3.63) is 59.7 Å². The van der Waals surface area contributed by atoms with Crippen molar-refractivity contribution in [1.29, 1.82) is 0 Å². The van der Waals surface area contributed by atoms with E-state index >= 15 is 0 Å². The second kappa shape index (κ2) is 9.25. The number of benzene rings is 2. The number of alkyl carbamates (subject to hydrolysis) is 1. The van der Waals surface area contributed by atoms with Crippen LogP contribution in [-0.2, 0) is 14.3 Å². The number of aliphatic carboxylic acids is 1. The number of carbonyl (C=O) groups excluding carboxylic acids is 2. The van der Waals surface area contributed by atoms with Crippen LogP contribution in [0.2, 0.25) is 0 Å². The van der Waals surface area contributed by atoms with Crippen LogP contribution in [0.4, 0.5) is 4.79 Å². The van der Waals surface area contributed by atoms with Crippen molar-refractivity contribution in [1.82, 2.24) is 10.6 Å². The van der Waals surface area contributed by atoms with Gasteiger partial charge in [0.25, 0.3) is 0 Å². The van der Waals surface area contributed by atoms with E-state index in [-0.39, 0.29) is 30.8 Å². The molecule has 2 aliphatic carbocycles. The molecule has 2 aliphatic rings. The SMILES string of the molecule is CC(C)[C@H](CC(=O)NC1(C(=O)O)CCC1)NC(=O)OCC1c2ccccc2-c2ccccc21. The third kappa shape index (κ3) is 4.58. The molecule has 7 heteroatoms. The lowest BCUT2D eigenvalue weighted by atomic mass is 9.76. The van der Waals surface area contributed by atoms with Gasteiger partial charge in [-0.1, -0.05) is 62.4 Å². The van der Waals surface area contributed by atoms with Crippen LogP contribution < -0.4 is 10.6 Å². The first-order valence-electron chi connectivity index (χ1n) is 11.5. The molecule has 2 aromatic carbocycles. The molecular formula is C26H30N2O5. The fourth-order valence-corrected chi connectivity index (χ4v) is 4.69. The van der Waals surface area contributed by atoms with Crippen molar-refractivity contribution in [3.8, 4) is 11.1 Å². The van der Waals surface area contributed by atoms with Crippen molar-refractivity contribution >= 4 is 18.0 Å². The van der Waals surface area contributed by atoms with E-state index < -0.39 is 23.6 Å². The third-order valence-electron chi connectivity index (χ3n) is 6.85. The highest BCUT2D eigenvalue weighted by Gasteiger charge is 2.45. The van der Waals surface area contributed by atoms with E-state index in [0.29, 0.717) is 12.8 Å². The Morgan fingerprint density at radius 2 is 1.61 bits per heavy atom. The Balaban J connectivity index is 1.36. The summed E-state index contributed by atoms with van der Waals surface area (Å²) in [6.07, 6.45) is 1.05. The van der Waals surface area contributed by atoms with Crippen LogP contribution in [0.25, 0.3) is 11.1 Å². The molecule has 174 valence electrons. The summed E-state index contributed by atoms with van der Waals surface area (Å²) in [4.78, 5) is 36.7. The summed E-state index contributed by atoms with van der Waals surface area (Å²) >= 11 is 0. The summed E-state index contributed by atoms with van der Waals surface area (Å²) in [5, 5.41) is 14.9. The molecule has 0 bridgehead atoms. The van der Waals surface area contributed by atoms with Crippen molar-refractivity contribution in [2.75, 3.05) is 6.61 Å². The van der Waals surface area contributed by atoms with Crippen LogP contribution in [0.5, 0.6) is 0 Å². The fourth-order valence-electron chi connectivity index (χ4n) is 4.69. The number of amides is 2. The molecule has 4 rings (SSSR count). The summed E-state index contributed by atoms with van der Waals surface area (Å²) in [6, 6.07) is 15.8.